The van der Waals surface area contributed by atoms with Crippen molar-refractivity contribution in [1.29, 1.82) is 5.26 Å². The second kappa shape index (κ2) is 7.34. The smallest absolute Gasteiger partial charge is 0.236 e. The largest absolute Gasteiger partial charge is 0.283 e. The molecule has 0 spiro atoms. The molecule has 114 valence electrons. The lowest BCUT2D eigenvalue weighted by molar-refractivity contribution is 0.600. The predicted octanol–water partition coefficient (Wildman–Crippen LogP) is 3.76. The van der Waals surface area contributed by atoms with Crippen LogP contribution in [0.1, 0.15) is 18.1 Å². The third-order valence-electron chi connectivity index (χ3n) is 3.09. The van der Waals surface area contributed by atoms with Gasteiger partial charge in [-0.15, -0.1) is 0 Å². The minimum absolute atomic E-state index is 0.0638. The molecule has 0 radical (unpaired) electrons. The Morgan fingerprint density at radius 1 is 1.18 bits per heavy atom. The van der Waals surface area contributed by atoms with Crippen molar-refractivity contribution < 1.29 is 8.42 Å². The lowest BCUT2D eigenvalue weighted by atomic mass is 10.1. The number of sulfonamides is 1. The Hall–Kier alpha value is -1.97. The van der Waals surface area contributed by atoms with Crippen molar-refractivity contribution in [1.82, 2.24) is 0 Å². The Kier molecular flexibility index (Phi) is 5.47. The van der Waals surface area contributed by atoms with Crippen molar-refractivity contribution in [2.24, 2.45) is 0 Å². The van der Waals surface area contributed by atoms with Gasteiger partial charge in [0.05, 0.1) is 11.4 Å². The fourth-order valence-electron chi connectivity index (χ4n) is 2.08. The lowest BCUT2D eigenvalue weighted by Gasteiger charge is -2.12. The third-order valence-corrected chi connectivity index (χ3v) is 4.91. The Morgan fingerprint density at radius 3 is 2.55 bits per heavy atom. The summed E-state index contributed by atoms with van der Waals surface area (Å²) < 4.78 is 27.2. The fourth-order valence-corrected chi connectivity index (χ4v) is 3.76. The zero-order chi connectivity index (χ0) is 16.0. The predicted molar refractivity (Wildman–Crippen MR) is 90.0 cm³/mol. The van der Waals surface area contributed by atoms with E-state index in [0.717, 1.165) is 27.8 Å². The maximum Gasteiger partial charge on any atom is 0.236 e. The van der Waals surface area contributed by atoms with Gasteiger partial charge in [0.25, 0.3) is 0 Å². The number of rotatable bonds is 6. The van der Waals surface area contributed by atoms with Gasteiger partial charge < -0.3 is 0 Å². The first-order chi connectivity index (χ1) is 10.5. The molecule has 2 aromatic rings. The van der Waals surface area contributed by atoms with Gasteiger partial charge in [-0.3, -0.25) is 4.72 Å². The molecule has 0 saturated heterocycles. The second-order valence-corrected chi connectivity index (χ2v) is 7.29. The average molecular weight is 332 g/mol. The van der Waals surface area contributed by atoms with E-state index >= 15 is 0 Å². The molecule has 0 atom stereocenters. The topological polar surface area (TPSA) is 70.0 Å². The highest BCUT2D eigenvalue weighted by Gasteiger charge is 2.14. The Balaban J connectivity index is 2.20. The molecule has 22 heavy (non-hydrogen) atoms. The molecule has 0 amide bonds. The minimum Gasteiger partial charge on any atom is -0.283 e. The molecule has 0 aliphatic carbocycles. The molecule has 6 heteroatoms. The summed E-state index contributed by atoms with van der Waals surface area (Å²) in [6.07, 6.45) is 0.684. The molecule has 1 N–H and O–H groups in total. The molecule has 0 aromatic heterocycles. The van der Waals surface area contributed by atoms with Crippen LogP contribution in [0.3, 0.4) is 0 Å². The lowest BCUT2D eigenvalue weighted by Crippen LogP contribution is -2.16. The summed E-state index contributed by atoms with van der Waals surface area (Å²) in [7, 11) is -3.47. The van der Waals surface area contributed by atoms with E-state index in [-0.39, 0.29) is 5.75 Å². The Morgan fingerprint density at radius 2 is 1.91 bits per heavy atom. The maximum absolute atomic E-state index is 12.3. The number of aryl methyl sites for hydroxylation is 1. The van der Waals surface area contributed by atoms with E-state index in [9.17, 15) is 8.42 Å². The monoisotopic (exact) mass is 332 g/mol. The normalized spacial score (nSPS) is 10.9. The zero-order valence-corrected chi connectivity index (χ0v) is 13.7. The number of thioether (sulfide) groups is 1. The molecular formula is C16H16N2O2S2. The Labute approximate surface area is 135 Å². The van der Waals surface area contributed by atoms with Crippen LogP contribution in [0.5, 0.6) is 0 Å². The van der Waals surface area contributed by atoms with Gasteiger partial charge in [-0.1, -0.05) is 37.3 Å². The standard InChI is InChI=1S/C16H16N2O2S2/c1-2-14-10-15(21-12-17)8-9-16(14)18-22(19,20)11-13-6-4-3-5-7-13/h3-10,18H,2,11H2,1H3. The van der Waals surface area contributed by atoms with Crippen LogP contribution in [-0.2, 0) is 22.2 Å². The Bertz CT molecular complexity index is 782. The highest BCUT2D eigenvalue weighted by Crippen LogP contribution is 2.25. The summed E-state index contributed by atoms with van der Waals surface area (Å²) >= 11 is 1.06. The van der Waals surface area contributed by atoms with E-state index in [0.29, 0.717) is 12.1 Å². The molecule has 0 bridgehead atoms. The van der Waals surface area contributed by atoms with Crippen LogP contribution < -0.4 is 4.72 Å². The third kappa shape index (κ3) is 4.52. The molecule has 0 unspecified atom stereocenters. The van der Waals surface area contributed by atoms with Crippen LogP contribution in [0.25, 0.3) is 0 Å². The van der Waals surface area contributed by atoms with Crippen LogP contribution >= 0.6 is 11.8 Å². The first kappa shape index (κ1) is 16.4. The summed E-state index contributed by atoms with van der Waals surface area (Å²) in [5.74, 6) is -0.0638. The second-order valence-electron chi connectivity index (χ2n) is 4.71. The summed E-state index contributed by atoms with van der Waals surface area (Å²) in [4.78, 5) is 0.811. The molecule has 0 aliphatic heterocycles. The van der Waals surface area contributed by atoms with Gasteiger partial charge in [0.15, 0.2) is 0 Å². The number of nitrogens with zero attached hydrogens (tertiary/aromatic N) is 1. The molecule has 0 saturated carbocycles. The molecule has 0 fully saturated rings. The molecule has 2 rings (SSSR count). The van der Waals surface area contributed by atoms with Gasteiger partial charge in [0.2, 0.25) is 10.0 Å². The summed E-state index contributed by atoms with van der Waals surface area (Å²) in [5.41, 5.74) is 2.18. The SMILES string of the molecule is CCc1cc(SC#N)ccc1NS(=O)(=O)Cc1ccccc1. The molecule has 0 heterocycles. The van der Waals surface area contributed by atoms with Crippen LogP contribution in [0.4, 0.5) is 5.69 Å². The van der Waals surface area contributed by atoms with E-state index in [1.54, 1.807) is 24.3 Å². The number of hydrogen-bond acceptors (Lipinski definition) is 4. The van der Waals surface area contributed by atoms with Crippen molar-refractivity contribution in [3.63, 3.8) is 0 Å². The van der Waals surface area contributed by atoms with Crippen LogP contribution in [0.15, 0.2) is 53.4 Å². The molecular weight excluding hydrogens is 316 g/mol. The van der Waals surface area contributed by atoms with Crippen molar-refractivity contribution in [3.8, 4) is 5.40 Å². The highest BCUT2D eigenvalue weighted by atomic mass is 32.2. The van der Waals surface area contributed by atoms with E-state index in [2.05, 4.69) is 4.72 Å². The van der Waals surface area contributed by atoms with Gasteiger partial charge in [-0.2, -0.15) is 5.26 Å². The van der Waals surface area contributed by atoms with Crippen molar-refractivity contribution in [2.45, 2.75) is 24.0 Å². The summed E-state index contributed by atoms with van der Waals surface area (Å²) in [6, 6.07) is 14.3. The van der Waals surface area contributed by atoms with Crippen molar-refractivity contribution in [3.05, 3.63) is 59.7 Å². The number of anilines is 1. The van der Waals surface area contributed by atoms with Crippen molar-refractivity contribution in [2.75, 3.05) is 4.72 Å². The summed E-state index contributed by atoms with van der Waals surface area (Å²) in [5, 5.41) is 10.7. The van der Waals surface area contributed by atoms with E-state index in [1.165, 1.54) is 0 Å². The number of benzene rings is 2. The highest BCUT2D eigenvalue weighted by molar-refractivity contribution is 8.03. The molecule has 0 aliphatic rings. The average Bonchev–Trinajstić information content (AvgIpc) is 2.49. The number of nitriles is 1. The van der Waals surface area contributed by atoms with Crippen LogP contribution in [0.2, 0.25) is 0 Å². The van der Waals surface area contributed by atoms with Gasteiger partial charge >= 0.3 is 0 Å². The van der Waals surface area contributed by atoms with Crippen LogP contribution in [0, 0.1) is 10.7 Å². The number of nitrogens with one attached hydrogen (secondary N) is 1. The minimum atomic E-state index is -3.47. The van der Waals surface area contributed by atoms with Crippen LogP contribution in [-0.4, -0.2) is 8.42 Å². The van der Waals surface area contributed by atoms with Crippen molar-refractivity contribution >= 4 is 27.5 Å². The summed E-state index contributed by atoms with van der Waals surface area (Å²) in [6.45, 7) is 1.95. The molecule has 4 nitrogen and oxygen atoms in total. The van der Waals surface area contributed by atoms with Gasteiger partial charge in [0, 0.05) is 4.90 Å². The quantitative estimate of drug-likeness (QED) is 0.646. The van der Waals surface area contributed by atoms with E-state index < -0.39 is 10.0 Å². The van der Waals surface area contributed by atoms with E-state index in [1.807, 2.05) is 36.6 Å². The maximum atomic E-state index is 12.3. The fraction of sp³-hybridized carbons (Fsp3) is 0.188. The zero-order valence-electron chi connectivity index (χ0n) is 12.1. The van der Waals surface area contributed by atoms with E-state index in [4.69, 9.17) is 5.26 Å². The molecule has 2 aromatic carbocycles. The first-order valence-corrected chi connectivity index (χ1v) is 9.24. The van der Waals surface area contributed by atoms with Gasteiger partial charge in [-0.05, 0) is 47.5 Å². The number of hydrogen-bond donors (Lipinski definition) is 1. The van der Waals surface area contributed by atoms with Gasteiger partial charge in [0.1, 0.15) is 5.40 Å². The number of thiocyanates is 1. The first-order valence-electron chi connectivity index (χ1n) is 6.77. The van der Waals surface area contributed by atoms with Gasteiger partial charge in [-0.25, -0.2) is 8.42 Å².